The minimum absolute atomic E-state index is 0.00389. The van der Waals surface area contributed by atoms with E-state index in [0.717, 1.165) is 13.2 Å². The number of nitrogens with zero attached hydrogens (tertiary/aromatic N) is 1. The molecule has 0 amide bonds. The van der Waals surface area contributed by atoms with Crippen molar-refractivity contribution >= 4 is 17.6 Å². The number of rotatable bonds is 4. The molecule has 0 radical (unpaired) electrons. The first kappa shape index (κ1) is 13.8. The van der Waals surface area contributed by atoms with Gasteiger partial charge in [0, 0.05) is 0 Å². The fourth-order valence-corrected chi connectivity index (χ4v) is 1.40. The summed E-state index contributed by atoms with van der Waals surface area (Å²) in [5.41, 5.74) is -1.11. The van der Waals surface area contributed by atoms with Gasteiger partial charge in [-0.1, -0.05) is 0 Å². The number of alkyl halides is 3. The van der Waals surface area contributed by atoms with Crippen molar-refractivity contribution in [2.45, 2.75) is 18.7 Å². The average Bonchev–Trinajstić information content (AvgIpc) is 2.30. The Morgan fingerprint density at radius 2 is 2.24 bits per heavy atom. The van der Waals surface area contributed by atoms with Crippen molar-refractivity contribution < 1.29 is 22.7 Å². The van der Waals surface area contributed by atoms with Crippen molar-refractivity contribution in [1.82, 2.24) is 4.98 Å². The Kier molecular flexibility index (Phi) is 4.74. The largest absolute Gasteiger partial charge is 0.469 e. The highest BCUT2D eigenvalue weighted by molar-refractivity contribution is 6.16. The second kappa shape index (κ2) is 5.86. The minimum atomic E-state index is -2.99. The van der Waals surface area contributed by atoms with Gasteiger partial charge in [0.2, 0.25) is 0 Å². The smallest absolute Gasteiger partial charge is 0.311 e. The van der Waals surface area contributed by atoms with Crippen LogP contribution in [0.5, 0.6) is 0 Å². The van der Waals surface area contributed by atoms with Gasteiger partial charge in [-0.25, -0.2) is 13.2 Å². The van der Waals surface area contributed by atoms with Crippen molar-refractivity contribution in [3.05, 3.63) is 28.8 Å². The molecule has 0 atom stereocenters. The van der Waals surface area contributed by atoms with E-state index in [1.54, 1.807) is 0 Å². The van der Waals surface area contributed by atoms with Gasteiger partial charge in [-0.05, 0) is 6.07 Å². The van der Waals surface area contributed by atoms with Gasteiger partial charge in [-0.3, -0.25) is 9.78 Å². The van der Waals surface area contributed by atoms with Crippen LogP contribution < -0.4 is 0 Å². The molecule has 0 saturated heterocycles. The molecule has 1 heterocycles. The molecule has 0 saturated carbocycles. The Bertz CT molecular complexity index is 426. The standard InChI is InChI=1S/C10H9ClF3NO2/c1-17-8(16)3-5-2-6(10(13)14)9(12)7(4-11)15-5/h2,10H,3-4H2,1H3. The van der Waals surface area contributed by atoms with E-state index < -0.39 is 23.8 Å². The van der Waals surface area contributed by atoms with Crippen LogP contribution in [0.1, 0.15) is 23.4 Å². The van der Waals surface area contributed by atoms with Gasteiger partial charge in [0.05, 0.1) is 36.4 Å². The first-order valence-corrected chi connectivity index (χ1v) is 5.12. The average molecular weight is 268 g/mol. The van der Waals surface area contributed by atoms with Crippen LogP contribution in [0.25, 0.3) is 0 Å². The van der Waals surface area contributed by atoms with E-state index in [1.807, 2.05) is 0 Å². The van der Waals surface area contributed by atoms with Crippen LogP contribution in [0.3, 0.4) is 0 Å². The second-order valence-corrected chi connectivity index (χ2v) is 3.42. The molecule has 1 rings (SSSR count). The molecular formula is C10H9ClF3NO2. The topological polar surface area (TPSA) is 39.2 Å². The van der Waals surface area contributed by atoms with Gasteiger partial charge in [0.1, 0.15) is 0 Å². The number of pyridine rings is 1. The van der Waals surface area contributed by atoms with E-state index in [0.29, 0.717) is 0 Å². The molecule has 0 N–H and O–H groups in total. The summed E-state index contributed by atoms with van der Waals surface area (Å²) < 4.78 is 42.8. The maximum Gasteiger partial charge on any atom is 0.311 e. The summed E-state index contributed by atoms with van der Waals surface area (Å²) in [5, 5.41) is 0. The molecule has 0 unspecified atom stereocenters. The lowest BCUT2D eigenvalue weighted by atomic mass is 10.1. The summed E-state index contributed by atoms with van der Waals surface area (Å²) in [7, 11) is 1.16. The summed E-state index contributed by atoms with van der Waals surface area (Å²) in [6, 6.07) is 0.840. The van der Waals surface area contributed by atoms with E-state index >= 15 is 0 Å². The lowest BCUT2D eigenvalue weighted by Gasteiger charge is -2.08. The number of ether oxygens (including phenoxy) is 1. The fraction of sp³-hybridized carbons (Fsp3) is 0.400. The first-order valence-electron chi connectivity index (χ1n) is 4.58. The molecule has 1 aromatic heterocycles. The number of hydrogen-bond donors (Lipinski definition) is 0. The SMILES string of the molecule is COC(=O)Cc1cc(C(F)F)c(F)c(CCl)n1. The summed E-state index contributed by atoms with van der Waals surface area (Å²) in [4.78, 5) is 14.7. The molecule has 0 spiro atoms. The fourth-order valence-electron chi connectivity index (χ4n) is 1.22. The quantitative estimate of drug-likeness (QED) is 0.622. The highest BCUT2D eigenvalue weighted by atomic mass is 35.5. The molecule has 1 aromatic rings. The highest BCUT2D eigenvalue weighted by Crippen LogP contribution is 2.25. The maximum atomic E-state index is 13.4. The van der Waals surface area contributed by atoms with Crippen molar-refractivity contribution in [3.63, 3.8) is 0 Å². The van der Waals surface area contributed by atoms with Gasteiger partial charge in [0.15, 0.2) is 5.82 Å². The van der Waals surface area contributed by atoms with Gasteiger partial charge >= 0.3 is 5.97 Å². The van der Waals surface area contributed by atoms with E-state index in [2.05, 4.69) is 9.72 Å². The Labute approximate surface area is 101 Å². The Hall–Kier alpha value is -1.30. The monoisotopic (exact) mass is 267 g/mol. The summed E-state index contributed by atoms with van der Waals surface area (Å²) in [6.07, 6.45) is -3.29. The zero-order valence-corrected chi connectivity index (χ0v) is 9.60. The number of carbonyl (C=O) groups is 1. The van der Waals surface area contributed by atoms with Crippen LogP contribution in [-0.2, 0) is 21.8 Å². The molecule has 0 bridgehead atoms. The number of esters is 1. The van der Waals surface area contributed by atoms with Crippen LogP contribution in [-0.4, -0.2) is 18.1 Å². The molecular weight excluding hydrogens is 259 g/mol. The number of carbonyl (C=O) groups excluding carboxylic acids is 1. The maximum absolute atomic E-state index is 13.4. The van der Waals surface area contributed by atoms with Gasteiger partial charge in [-0.15, -0.1) is 11.6 Å². The van der Waals surface area contributed by atoms with Crippen molar-refractivity contribution in [2.24, 2.45) is 0 Å². The van der Waals surface area contributed by atoms with E-state index in [4.69, 9.17) is 11.6 Å². The molecule has 0 aromatic carbocycles. The van der Waals surface area contributed by atoms with Gasteiger partial charge < -0.3 is 4.74 Å². The normalized spacial score (nSPS) is 10.7. The molecule has 0 aliphatic rings. The lowest BCUT2D eigenvalue weighted by molar-refractivity contribution is -0.139. The molecule has 0 aliphatic carbocycles. The highest BCUT2D eigenvalue weighted by Gasteiger charge is 2.20. The zero-order valence-electron chi connectivity index (χ0n) is 8.84. The van der Waals surface area contributed by atoms with Crippen LogP contribution in [0.15, 0.2) is 6.07 Å². The van der Waals surface area contributed by atoms with E-state index in [-0.39, 0.29) is 23.7 Å². The second-order valence-electron chi connectivity index (χ2n) is 3.15. The Balaban J connectivity index is 3.15. The van der Waals surface area contributed by atoms with Gasteiger partial charge in [-0.2, -0.15) is 0 Å². The number of aromatic nitrogens is 1. The lowest BCUT2D eigenvalue weighted by Crippen LogP contribution is -2.10. The van der Waals surface area contributed by atoms with Crippen molar-refractivity contribution in [1.29, 1.82) is 0 Å². The van der Waals surface area contributed by atoms with Crippen LogP contribution in [0, 0.1) is 5.82 Å². The third kappa shape index (κ3) is 3.33. The van der Waals surface area contributed by atoms with Crippen LogP contribution in [0.2, 0.25) is 0 Å². The molecule has 0 fully saturated rings. The molecule has 3 nitrogen and oxygen atoms in total. The van der Waals surface area contributed by atoms with E-state index in [9.17, 15) is 18.0 Å². The summed E-state index contributed by atoms with van der Waals surface area (Å²) >= 11 is 5.39. The Morgan fingerprint density at radius 1 is 1.59 bits per heavy atom. The van der Waals surface area contributed by atoms with Crippen LogP contribution in [0.4, 0.5) is 13.2 Å². The Morgan fingerprint density at radius 3 is 2.71 bits per heavy atom. The van der Waals surface area contributed by atoms with Gasteiger partial charge in [0.25, 0.3) is 6.43 Å². The van der Waals surface area contributed by atoms with E-state index in [1.165, 1.54) is 0 Å². The third-order valence-electron chi connectivity index (χ3n) is 2.02. The number of hydrogen-bond acceptors (Lipinski definition) is 3. The predicted molar refractivity (Wildman–Crippen MR) is 54.4 cm³/mol. The number of methoxy groups -OCH3 is 1. The summed E-state index contributed by atoms with van der Waals surface area (Å²) in [6.45, 7) is 0. The summed E-state index contributed by atoms with van der Waals surface area (Å²) in [5.74, 6) is -2.13. The first-order chi connectivity index (χ1) is 7.99. The predicted octanol–water partition coefficient (Wildman–Crippen LogP) is 2.61. The molecule has 7 heteroatoms. The van der Waals surface area contributed by atoms with Crippen molar-refractivity contribution in [2.75, 3.05) is 7.11 Å². The van der Waals surface area contributed by atoms with Crippen LogP contribution >= 0.6 is 11.6 Å². The zero-order chi connectivity index (χ0) is 13.0. The van der Waals surface area contributed by atoms with Crippen molar-refractivity contribution in [3.8, 4) is 0 Å². The molecule has 0 aliphatic heterocycles. The third-order valence-corrected chi connectivity index (χ3v) is 2.28. The minimum Gasteiger partial charge on any atom is -0.469 e. The molecule has 17 heavy (non-hydrogen) atoms. The number of halogens is 4. The molecule has 94 valence electrons.